The molecule has 1 aliphatic heterocycles. The summed E-state index contributed by atoms with van der Waals surface area (Å²) >= 11 is 0. The van der Waals surface area contributed by atoms with E-state index in [1.165, 1.54) is 29.8 Å². The molecular formula is C26H23FN2O2. The summed E-state index contributed by atoms with van der Waals surface area (Å²) < 4.78 is 13.4. The van der Waals surface area contributed by atoms with E-state index in [2.05, 4.69) is 12.2 Å². The molecule has 3 aromatic rings. The Morgan fingerprint density at radius 3 is 2.13 bits per heavy atom. The normalized spacial score (nSPS) is 13.9. The monoisotopic (exact) mass is 414 g/mol. The van der Waals surface area contributed by atoms with Gasteiger partial charge in [0.1, 0.15) is 11.5 Å². The molecule has 156 valence electrons. The number of carbonyl (C=O) groups excluding carboxylic acids is 2. The fourth-order valence-electron chi connectivity index (χ4n) is 3.60. The Hall–Kier alpha value is -3.73. The lowest BCUT2D eigenvalue weighted by Crippen LogP contribution is -2.32. The minimum Gasteiger partial charge on any atom is -0.350 e. The predicted octanol–water partition coefficient (Wildman–Crippen LogP) is 5.40. The molecule has 1 heterocycles. The number of hydrogen-bond donors (Lipinski definition) is 1. The lowest BCUT2D eigenvalue weighted by Gasteiger charge is -2.15. The molecule has 0 fully saturated rings. The van der Waals surface area contributed by atoms with Crippen LogP contribution >= 0.6 is 0 Å². The predicted molar refractivity (Wildman–Crippen MR) is 121 cm³/mol. The zero-order chi connectivity index (χ0) is 22.1. The quantitative estimate of drug-likeness (QED) is 0.569. The van der Waals surface area contributed by atoms with E-state index in [1.807, 2.05) is 56.3 Å². The van der Waals surface area contributed by atoms with Gasteiger partial charge in [-0.15, -0.1) is 0 Å². The highest BCUT2D eigenvalue weighted by Gasteiger charge is 2.40. The molecule has 2 amide bonds. The number of imide groups is 1. The van der Waals surface area contributed by atoms with Gasteiger partial charge in [-0.2, -0.15) is 0 Å². The van der Waals surface area contributed by atoms with E-state index in [0.29, 0.717) is 16.8 Å². The molecule has 0 radical (unpaired) electrons. The molecule has 0 spiro atoms. The Morgan fingerprint density at radius 2 is 1.52 bits per heavy atom. The third kappa shape index (κ3) is 3.87. The zero-order valence-corrected chi connectivity index (χ0v) is 17.7. The number of carbonyl (C=O) groups is 2. The van der Waals surface area contributed by atoms with Crippen molar-refractivity contribution in [1.29, 1.82) is 0 Å². The van der Waals surface area contributed by atoms with Crippen molar-refractivity contribution < 1.29 is 14.0 Å². The van der Waals surface area contributed by atoms with Gasteiger partial charge in [-0.1, -0.05) is 37.3 Å². The van der Waals surface area contributed by atoms with E-state index in [4.69, 9.17) is 0 Å². The van der Waals surface area contributed by atoms with Crippen LogP contribution in [-0.4, -0.2) is 11.8 Å². The largest absolute Gasteiger partial charge is 0.350 e. The maximum atomic E-state index is 13.4. The number of nitrogens with zero attached hydrogens (tertiary/aromatic N) is 1. The maximum Gasteiger partial charge on any atom is 0.282 e. The number of benzene rings is 3. The maximum absolute atomic E-state index is 13.4. The van der Waals surface area contributed by atoms with Gasteiger partial charge in [0.25, 0.3) is 11.8 Å². The molecule has 0 aromatic heterocycles. The lowest BCUT2D eigenvalue weighted by molar-refractivity contribution is -0.120. The van der Waals surface area contributed by atoms with Gasteiger partial charge < -0.3 is 5.32 Å². The van der Waals surface area contributed by atoms with Crippen molar-refractivity contribution in [2.75, 3.05) is 10.2 Å². The molecule has 4 rings (SSSR count). The standard InChI is InChI=1S/C26H23FN2O2/c1-4-18-6-11-21(12-7-18)28-24-23(19-8-5-16(2)17(3)15-19)25(30)29(26(24)31)22-13-9-20(27)10-14-22/h5-15,28H,4H2,1-3H3. The summed E-state index contributed by atoms with van der Waals surface area (Å²) in [4.78, 5) is 27.9. The van der Waals surface area contributed by atoms with Crippen molar-refractivity contribution in [2.24, 2.45) is 0 Å². The fraction of sp³-hybridized carbons (Fsp3) is 0.154. The molecule has 31 heavy (non-hydrogen) atoms. The summed E-state index contributed by atoms with van der Waals surface area (Å²) in [7, 11) is 0. The van der Waals surface area contributed by atoms with Gasteiger partial charge in [-0.3, -0.25) is 9.59 Å². The molecule has 0 unspecified atom stereocenters. The average molecular weight is 414 g/mol. The van der Waals surface area contributed by atoms with Crippen molar-refractivity contribution in [2.45, 2.75) is 27.2 Å². The third-order valence-electron chi connectivity index (χ3n) is 5.60. The van der Waals surface area contributed by atoms with Crippen molar-refractivity contribution in [3.8, 4) is 0 Å². The zero-order valence-electron chi connectivity index (χ0n) is 17.7. The number of halogens is 1. The summed E-state index contributed by atoms with van der Waals surface area (Å²) in [6, 6.07) is 18.8. The second kappa shape index (κ2) is 8.19. The molecule has 0 saturated heterocycles. The van der Waals surface area contributed by atoms with Gasteiger partial charge in [-0.05, 0) is 78.9 Å². The highest BCUT2D eigenvalue weighted by molar-refractivity contribution is 6.46. The summed E-state index contributed by atoms with van der Waals surface area (Å²) in [5.41, 5.74) is 5.53. The van der Waals surface area contributed by atoms with E-state index in [9.17, 15) is 14.0 Å². The van der Waals surface area contributed by atoms with E-state index in [1.54, 1.807) is 0 Å². The van der Waals surface area contributed by atoms with E-state index >= 15 is 0 Å². The average Bonchev–Trinajstić information content (AvgIpc) is 3.01. The van der Waals surface area contributed by atoms with Crippen LogP contribution in [0.4, 0.5) is 15.8 Å². The first kappa shape index (κ1) is 20.5. The number of hydrogen-bond acceptors (Lipinski definition) is 3. The number of anilines is 2. The molecule has 1 N–H and O–H groups in total. The van der Waals surface area contributed by atoms with Crippen LogP contribution < -0.4 is 10.2 Å². The van der Waals surface area contributed by atoms with Crippen molar-refractivity contribution in [3.05, 3.63) is 100 Å². The summed E-state index contributed by atoms with van der Waals surface area (Å²) in [6.07, 6.45) is 0.909. The topological polar surface area (TPSA) is 49.4 Å². The SMILES string of the molecule is CCc1ccc(NC2=C(c3ccc(C)c(C)c3)C(=O)N(c3ccc(F)cc3)C2=O)cc1. The summed E-state index contributed by atoms with van der Waals surface area (Å²) in [6.45, 7) is 6.03. The van der Waals surface area contributed by atoms with Gasteiger partial charge in [0, 0.05) is 5.69 Å². The second-order valence-corrected chi connectivity index (χ2v) is 7.65. The molecular weight excluding hydrogens is 391 g/mol. The van der Waals surface area contributed by atoms with Crippen LogP contribution in [0.25, 0.3) is 5.57 Å². The molecule has 3 aromatic carbocycles. The highest BCUT2D eigenvalue weighted by Crippen LogP contribution is 2.34. The van der Waals surface area contributed by atoms with Gasteiger partial charge in [0.05, 0.1) is 11.3 Å². The summed E-state index contributed by atoms with van der Waals surface area (Å²) in [5.74, 6) is -1.34. The van der Waals surface area contributed by atoms with E-state index < -0.39 is 17.6 Å². The molecule has 1 aliphatic rings. The lowest BCUT2D eigenvalue weighted by atomic mass is 9.99. The Labute approximate surface area is 181 Å². The van der Waals surface area contributed by atoms with Crippen LogP contribution in [0.1, 0.15) is 29.2 Å². The molecule has 0 saturated carbocycles. The van der Waals surface area contributed by atoms with E-state index in [0.717, 1.165) is 28.1 Å². The minimum atomic E-state index is -0.468. The van der Waals surface area contributed by atoms with Crippen molar-refractivity contribution >= 4 is 28.8 Å². The minimum absolute atomic E-state index is 0.210. The van der Waals surface area contributed by atoms with E-state index in [-0.39, 0.29) is 5.70 Å². The van der Waals surface area contributed by atoms with Crippen LogP contribution in [0.15, 0.2) is 72.4 Å². The van der Waals surface area contributed by atoms with Crippen LogP contribution in [0.5, 0.6) is 0 Å². The summed E-state index contributed by atoms with van der Waals surface area (Å²) in [5, 5.41) is 3.16. The van der Waals surface area contributed by atoms with Crippen LogP contribution in [-0.2, 0) is 16.0 Å². The van der Waals surface area contributed by atoms with Gasteiger partial charge >= 0.3 is 0 Å². The van der Waals surface area contributed by atoms with Crippen LogP contribution in [0.3, 0.4) is 0 Å². The number of rotatable bonds is 5. The number of nitrogens with one attached hydrogen (secondary N) is 1. The molecule has 4 nitrogen and oxygen atoms in total. The first-order valence-corrected chi connectivity index (χ1v) is 10.2. The molecule has 5 heteroatoms. The van der Waals surface area contributed by atoms with Crippen LogP contribution in [0.2, 0.25) is 0 Å². The highest BCUT2D eigenvalue weighted by atomic mass is 19.1. The van der Waals surface area contributed by atoms with Gasteiger partial charge in [-0.25, -0.2) is 9.29 Å². The number of amides is 2. The Balaban J connectivity index is 1.81. The van der Waals surface area contributed by atoms with Gasteiger partial charge in [0.15, 0.2) is 0 Å². The molecule has 0 aliphatic carbocycles. The Bertz CT molecular complexity index is 1200. The van der Waals surface area contributed by atoms with Crippen molar-refractivity contribution in [3.63, 3.8) is 0 Å². The van der Waals surface area contributed by atoms with Crippen molar-refractivity contribution in [1.82, 2.24) is 0 Å². The smallest absolute Gasteiger partial charge is 0.282 e. The number of aryl methyl sites for hydroxylation is 3. The first-order chi connectivity index (χ1) is 14.9. The molecule has 0 atom stereocenters. The Kier molecular flexibility index (Phi) is 5.42. The third-order valence-corrected chi connectivity index (χ3v) is 5.60. The first-order valence-electron chi connectivity index (χ1n) is 10.2. The fourth-order valence-corrected chi connectivity index (χ4v) is 3.60. The second-order valence-electron chi connectivity index (χ2n) is 7.65. The molecule has 0 bridgehead atoms. The van der Waals surface area contributed by atoms with Crippen LogP contribution in [0, 0.1) is 19.7 Å². The van der Waals surface area contributed by atoms with Gasteiger partial charge in [0.2, 0.25) is 0 Å². The Morgan fingerprint density at radius 1 is 0.839 bits per heavy atom.